The Kier molecular flexibility index (Phi) is 2.96. The summed E-state index contributed by atoms with van der Waals surface area (Å²) in [4.78, 5) is 0. The normalized spacial score (nSPS) is 22.4. The second-order valence-corrected chi connectivity index (χ2v) is 5.04. The molecule has 0 heterocycles. The molecular weight excluding hydrogens is 204 g/mol. The van der Waals surface area contributed by atoms with Crippen LogP contribution >= 0.6 is 0 Å². The second-order valence-electron chi connectivity index (χ2n) is 5.04. The van der Waals surface area contributed by atoms with Gasteiger partial charge in [0.1, 0.15) is 0 Å². The molecule has 0 nitrogen and oxygen atoms in total. The Balaban J connectivity index is 1.53. The topological polar surface area (TPSA) is 0 Å². The van der Waals surface area contributed by atoms with Crippen molar-refractivity contribution >= 4 is 0 Å². The quantitative estimate of drug-likeness (QED) is 0.718. The average Bonchev–Trinajstić information content (AvgIpc) is 3.18. The Morgan fingerprint density at radius 2 is 1.47 bits per heavy atom. The summed E-state index contributed by atoms with van der Waals surface area (Å²) in [6.07, 6.45) is 3.95. The van der Waals surface area contributed by atoms with Crippen LogP contribution in [0.3, 0.4) is 0 Å². The molecule has 0 unspecified atom stereocenters. The first-order chi connectivity index (χ1) is 8.43. The van der Waals surface area contributed by atoms with Crippen LogP contribution in [0, 0.1) is 5.92 Å². The SMILES string of the molecule is c1ccc(CC[C@H]2C[C@H]2c2ccccc2)cc1. The third kappa shape index (κ3) is 2.58. The predicted molar refractivity (Wildman–Crippen MR) is 72.1 cm³/mol. The summed E-state index contributed by atoms with van der Waals surface area (Å²) in [6.45, 7) is 0. The predicted octanol–water partition coefficient (Wildman–Crippen LogP) is 4.42. The Morgan fingerprint density at radius 1 is 0.824 bits per heavy atom. The molecule has 0 heteroatoms. The lowest BCUT2D eigenvalue weighted by molar-refractivity contribution is 0.703. The van der Waals surface area contributed by atoms with Crippen LogP contribution in [-0.2, 0) is 6.42 Å². The van der Waals surface area contributed by atoms with Gasteiger partial charge < -0.3 is 0 Å². The Hall–Kier alpha value is -1.56. The first kappa shape index (κ1) is 10.6. The minimum Gasteiger partial charge on any atom is -0.0622 e. The van der Waals surface area contributed by atoms with Gasteiger partial charge in [-0.25, -0.2) is 0 Å². The molecule has 3 rings (SSSR count). The van der Waals surface area contributed by atoms with E-state index in [9.17, 15) is 0 Å². The molecule has 17 heavy (non-hydrogen) atoms. The van der Waals surface area contributed by atoms with E-state index in [0.717, 1.165) is 11.8 Å². The van der Waals surface area contributed by atoms with E-state index in [-0.39, 0.29) is 0 Å². The van der Waals surface area contributed by atoms with Crippen LogP contribution in [0.4, 0.5) is 0 Å². The number of rotatable bonds is 4. The van der Waals surface area contributed by atoms with E-state index in [1.165, 1.54) is 30.4 Å². The van der Waals surface area contributed by atoms with Crippen molar-refractivity contribution in [2.45, 2.75) is 25.2 Å². The fourth-order valence-electron chi connectivity index (χ4n) is 2.67. The molecule has 1 saturated carbocycles. The maximum Gasteiger partial charge on any atom is -0.0130 e. The van der Waals surface area contributed by atoms with E-state index < -0.39 is 0 Å². The standard InChI is InChI=1S/C17H18/c1-3-7-14(8-4-1)11-12-16-13-17(16)15-9-5-2-6-10-15/h1-10,16-17H,11-13H2/t16-,17-/m0/s1. The fraction of sp³-hybridized carbons (Fsp3) is 0.294. The number of hydrogen-bond acceptors (Lipinski definition) is 0. The van der Waals surface area contributed by atoms with Gasteiger partial charge in [0.15, 0.2) is 0 Å². The highest BCUT2D eigenvalue weighted by Gasteiger charge is 2.37. The summed E-state index contributed by atoms with van der Waals surface area (Å²) in [5.74, 6) is 1.75. The first-order valence-corrected chi connectivity index (χ1v) is 6.52. The Labute approximate surface area is 103 Å². The van der Waals surface area contributed by atoms with Gasteiger partial charge in [-0.3, -0.25) is 0 Å². The molecule has 0 bridgehead atoms. The van der Waals surface area contributed by atoms with Crippen molar-refractivity contribution in [2.24, 2.45) is 5.92 Å². The molecule has 0 N–H and O–H groups in total. The molecule has 0 spiro atoms. The van der Waals surface area contributed by atoms with E-state index in [0.29, 0.717) is 0 Å². The molecule has 1 fully saturated rings. The van der Waals surface area contributed by atoms with E-state index in [1.54, 1.807) is 0 Å². The minimum atomic E-state index is 0.833. The van der Waals surface area contributed by atoms with Gasteiger partial charge in [-0.05, 0) is 42.2 Å². The van der Waals surface area contributed by atoms with Gasteiger partial charge in [-0.1, -0.05) is 60.7 Å². The minimum absolute atomic E-state index is 0.833. The van der Waals surface area contributed by atoms with Crippen molar-refractivity contribution in [3.8, 4) is 0 Å². The van der Waals surface area contributed by atoms with Gasteiger partial charge in [0.05, 0.1) is 0 Å². The summed E-state index contributed by atoms with van der Waals surface area (Å²) >= 11 is 0. The van der Waals surface area contributed by atoms with Crippen LogP contribution in [0.5, 0.6) is 0 Å². The maximum atomic E-state index is 2.27. The molecule has 2 atom stereocenters. The third-order valence-electron chi connectivity index (χ3n) is 3.80. The smallest absolute Gasteiger partial charge is 0.0130 e. The molecule has 2 aromatic carbocycles. The highest BCUT2D eigenvalue weighted by atomic mass is 14.4. The molecule has 0 amide bonds. The highest BCUT2D eigenvalue weighted by Crippen LogP contribution is 2.49. The van der Waals surface area contributed by atoms with Crippen LogP contribution in [0.15, 0.2) is 60.7 Å². The van der Waals surface area contributed by atoms with E-state index in [2.05, 4.69) is 60.7 Å². The highest BCUT2D eigenvalue weighted by molar-refractivity contribution is 5.26. The molecular formula is C17H18. The molecule has 0 radical (unpaired) electrons. The zero-order valence-corrected chi connectivity index (χ0v) is 10.0. The van der Waals surface area contributed by atoms with Crippen LogP contribution < -0.4 is 0 Å². The largest absolute Gasteiger partial charge is 0.0622 e. The van der Waals surface area contributed by atoms with Gasteiger partial charge >= 0.3 is 0 Å². The summed E-state index contributed by atoms with van der Waals surface area (Å²) in [7, 11) is 0. The third-order valence-corrected chi connectivity index (χ3v) is 3.80. The summed E-state index contributed by atoms with van der Waals surface area (Å²) < 4.78 is 0. The molecule has 0 saturated heterocycles. The van der Waals surface area contributed by atoms with E-state index >= 15 is 0 Å². The lowest BCUT2D eigenvalue weighted by Gasteiger charge is -2.01. The number of aryl methyl sites for hydroxylation is 1. The van der Waals surface area contributed by atoms with Gasteiger partial charge in [0.2, 0.25) is 0 Å². The lowest BCUT2D eigenvalue weighted by atomic mass is 10.0. The molecule has 86 valence electrons. The molecule has 2 aromatic rings. The molecule has 1 aliphatic rings. The Bertz CT molecular complexity index is 458. The van der Waals surface area contributed by atoms with Gasteiger partial charge in [0, 0.05) is 0 Å². The first-order valence-electron chi connectivity index (χ1n) is 6.52. The zero-order chi connectivity index (χ0) is 11.5. The average molecular weight is 222 g/mol. The number of benzene rings is 2. The van der Waals surface area contributed by atoms with Gasteiger partial charge in [-0.2, -0.15) is 0 Å². The Morgan fingerprint density at radius 3 is 2.18 bits per heavy atom. The maximum absolute atomic E-state index is 2.27. The molecule has 0 aliphatic heterocycles. The summed E-state index contributed by atoms with van der Waals surface area (Å²) in [5, 5.41) is 0. The van der Waals surface area contributed by atoms with Crippen molar-refractivity contribution in [3.63, 3.8) is 0 Å². The van der Waals surface area contributed by atoms with Crippen LogP contribution in [0.25, 0.3) is 0 Å². The lowest BCUT2D eigenvalue weighted by Crippen LogP contribution is -1.88. The summed E-state index contributed by atoms with van der Waals surface area (Å²) in [5.41, 5.74) is 3.01. The van der Waals surface area contributed by atoms with Crippen molar-refractivity contribution in [2.75, 3.05) is 0 Å². The van der Waals surface area contributed by atoms with Crippen molar-refractivity contribution < 1.29 is 0 Å². The van der Waals surface area contributed by atoms with Crippen molar-refractivity contribution in [1.82, 2.24) is 0 Å². The summed E-state index contributed by atoms with van der Waals surface area (Å²) in [6, 6.07) is 21.8. The number of hydrogen-bond donors (Lipinski definition) is 0. The fourth-order valence-corrected chi connectivity index (χ4v) is 2.67. The van der Waals surface area contributed by atoms with Gasteiger partial charge in [0.25, 0.3) is 0 Å². The second kappa shape index (κ2) is 4.75. The monoisotopic (exact) mass is 222 g/mol. The van der Waals surface area contributed by atoms with E-state index in [1.807, 2.05) is 0 Å². The van der Waals surface area contributed by atoms with Crippen LogP contribution in [0.2, 0.25) is 0 Å². The van der Waals surface area contributed by atoms with E-state index in [4.69, 9.17) is 0 Å². The molecule has 1 aliphatic carbocycles. The van der Waals surface area contributed by atoms with Crippen molar-refractivity contribution in [3.05, 3.63) is 71.8 Å². The van der Waals surface area contributed by atoms with Crippen molar-refractivity contribution in [1.29, 1.82) is 0 Å². The molecule has 0 aromatic heterocycles. The van der Waals surface area contributed by atoms with Crippen LogP contribution in [-0.4, -0.2) is 0 Å². The van der Waals surface area contributed by atoms with Gasteiger partial charge in [-0.15, -0.1) is 0 Å². The zero-order valence-electron chi connectivity index (χ0n) is 10.0. The van der Waals surface area contributed by atoms with Crippen LogP contribution in [0.1, 0.15) is 29.9 Å².